The van der Waals surface area contributed by atoms with Crippen LogP contribution >= 0.6 is 0 Å². The summed E-state index contributed by atoms with van der Waals surface area (Å²) >= 11 is 0. The van der Waals surface area contributed by atoms with Crippen LogP contribution in [0.15, 0.2) is 24.5 Å². The van der Waals surface area contributed by atoms with Crippen molar-refractivity contribution in [1.29, 1.82) is 0 Å². The molecule has 2 aliphatic heterocycles. The van der Waals surface area contributed by atoms with E-state index in [0.717, 1.165) is 24.3 Å². The summed E-state index contributed by atoms with van der Waals surface area (Å²) in [6, 6.07) is 1.24. The van der Waals surface area contributed by atoms with Gasteiger partial charge < -0.3 is 29.0 Å². The SMILES string of the molecule is CO[C@@H]1CCN(c2nccc(Nc3cc4c(cn3)nc([C@@H](C)OC3CCCCO3)n4[C@@H](C)C(F)(F)F)n2)CC1F. The molecule has 0 saturated carbocycles. The van der Waals surface area contributed by atoms with Crippen molar-refractivity contribution in [1.82, 2.24) is 24.5 Å². The number of halogens is 4. The van der Waals surface area contributed by atoms with Gasteiger partial charge in [0.25, 0.3) is 0 Å². The van der Waals surface area contributed by atoms with Crippen molar-refractivity contribution >= 4 is 28.6 Å². The Hall–Kier alpha value is -3.10. The average Bonchev–Trinajstić information content (AvgIpc) is 3.31. The minimum Gasteiger partial charge on any atom is -0.378 e. The Morgan fingerprint density at radius 2 is 1.95 bits per heavy atom. The number of alkyl halides is 4. The molecule has 0 aliphatic carbocycles. The van der Waals surface area contributed by atoms with E-state index >= 15 is 0 Å². The van der Waals surface area contributed by atoms with Crippen LogP contribution in [-0.2, 0) is 14.2 Å². The predicted molar refractivity (Wildman–Crippen MR) is 139 cm³/mol. The van der Waals surface area contributed by atoms with Gasteiger partial charge in [0, 0.05) is 32.5 Å². The molecule has 10 nitrogen and oxygen atoms in total. The van der Waals surface area contributed by atoms with Gasteiger partial charge in [0.1, 0.15) is 41.3 Å². The van der Waals surface area contributed by atoms with E-state index in [1.807, 2.05) is 0 Å². The fourth-order valence-corrected chi connectivity index (χ4v) is 5.06. The Balaban J connectivity index is 1.42. The Morgan fingerprint density at radius 1 is 1.12 bits per heavy atom. The largest absolute Gasteiger partial charge is 0.408 e. The van der Waals surface area contributed by atoms with Gasteiger partial charge in [-0.25, -0.2) is 19.3 Å². The van der Waals surface area contributed by atoms with Gasteiger partial charge in [-0.1, -0.05) is 0 Å². The summed E-state index contributed by atoms with van der Waals surface area (Å²) in [5.41, 5.74) is 0.545. The van der Waals surface area contributed by atoms with Crippen LogP contribution < -0.4 is 10.2 Å². The predicted octanol–water partition coefficient (Wildman–Crippen LogP) is 5.26. The van der Waals surface area contributed by atoms with Crippen molar-refractivity contribution < 1.29 is 31.8 Å². The first-order chi connectivity index (χ1) is 19.1. The summed E-state index contributed by atoms with van der Waals surface area (Å²) < 4.78 is 74.3. The highest BCUT2D eigenvalue weighted by Crippen LogP contribution is 2.37. The number of fused-ring (bicyclic) bond motifs is 1. The van der Waals surface area contributed by atoms with E-state index in [1.165, 1.54) is 25.6 Å². The third kappa shape index (κ3) is 6.13. The molecular weight excluding hydrogens is 534 g/mol. The van der Waals surface area contributed by atoms with Crippen molar-refractivity contribution in [3.05, 3.63) is 30.4 Å². The molecule has 2 fully saturated rings. The molecule has 1 N–H and O–H groups in total. The van der Waals surface area contributed by atoms with Crippen molar-refractivity contribution in [3.8, 4) is 0 Å². The first kappa shape index (κ1) is 28.4. The second kappa shape index (κ2) is 11.8. The molecule has 2 unspecified atom stereocenters. The smallest absolute Gasteiger partial charge is 0.378 e. The van der Waals surface area contributed by atoms with Crippen LogP contribution in [0.2, 0.25) is 0 Å². The first-order valence-corrected chi connectivity index (χ1v) is 13.4. The molecule has 3 aromatic heterocycles. The lowest BCUT2D eigenvalue weighted by Gasteiger charge is -2.33. The summed E-state index contributed by atoms with van der Waals surface area (Å²) in [6.07, 6.45) is -1.44. The molecule has 14 heteroatoms. The molecule has 0 spiro atoms. The maximum Gasteiger partial charge on any atom is 0.408 e. The lowest BCUT2D eigenvalue weighted by Crippen LogP contribution is -2.46. The number of methoxy groups -OCH3 is 1. The third-order valence-corrected chi connectivity index (χ3v) is 7.29. The maximum atomic E-state index is 14.4. The molecular formula is C26H33F4N7O3. The first-order valence-electron chi connectivity index (χ1n) is 13.4. The summed E-state index contributed by atoms with van der Waals surface area (Å²) in [7, 11) is 1.49. The Kier molecular flexibility index (Phi) is 8.38. The molecule has 5 atom stereocenters. The Labute approximate surface area is 229 Å². The molecule has 0 aromatic carbocycles. The summed E-state index contributed by atoms with van der Waals surface area (Å²) in [4.78, 5) is 19.3. The standard InChI is InChI=1S/C26H33F4N7O3/c1-15(40-23-6-4-5-11-39-23)24-33-18-13-32-22(12-19(18)37(24)16(2)26(28,29)30)34-21-7-9-31-25(35-21)36-10-8-20(38-3)17(27)14-36/h7,9,12-13,15-17,20,23H,4-6,8,10-11,14H2,1-3H3,(H,31,32,34,35)/t15-,16+,17?,20-,23?/m1/s1. The average molecular weight is 568 g/mol. The molecule has 5 heterocycles. The zero-order chi connectivity index (χ0) is 28.4. The fraction of sp³-hybridized carbons (Fsp3) is 0.615. The molecule has 0 amide bonds. The van der Waals surface area contributed by atoms with Crippen molar-refractivity contribution in [2.75, 3.05) is 37.0 Å². The number of piperidine rings is 1. The van der Waals surface area contributed by atoms with Gasteiger partial charge in [-0.15, -0.1) is 0 Å². The lowest BCUT2D eigenvalue weighted by atomic mass is 10.1. The summed E-state index contributed by atoms with van der Waals surface area (Å²) in [5.74, 6) is 1.10. The number of aromatic nitrogens is 5. The number of hydrogen-bond donors (Lipinski definition) is 1. The van der Waals surface area contributed by atoms with E-state index in [4.69, 9.17) is 14.2 Å². The van der Waals surface area contributed by atoms with E-state index < -0.39 is 36.9 Å². The molecule has 5 rings (SSSR count). The van der Waals surface area contributed by atoms with Crippen molar-refractivity contribution in [2.24, 2.45) is 0 Å². The second-order valence-electron chi connectivity index (χ2n) is 10.1. The van der Waals surface area contributed by atoms with Crippen LogP contribution in [0.1, 0.15) is 57.5 Å². The third-order valence-electron chi connectivity index (χ3n) is 7.29. The van der Waals surface area contributed by atoms with Crippen LogP contribution in [0.5, 0.6) is 0 Å². The van der Waals surface area contributed by atoms with Crippen molar-refractivity contribution in [3.63, 3.8) is 0 Å². The van der Waals surface area contributed by atoms with E-state index in [-0.39, 0.29) is 23.7 Å². The highest BCUT2D eigenvalue weighted by atomic mass is 19.4. The van der Waals surface area contributed by atoms with Crippen LogP contribution in [0.25, 0.3) is 11.0 Å². The zero-order valence-corrected chi connectivity index (χ0v) is 22.6. The maximum absolute atomic E-state index is 14.4. The van der Waals surface area contributed by atoms with Crippen LogP contribution in [0.4, 0.5) is 35.1 Å². The normalized spacial score (nSPS) is 23.8. The number of nitrogens with one attached hydrogen (secondary N) is 1. The van der Waals surface area contributed by atoms with E-state index in [2.05, 4.69) is 25.3 Å². The minimum absolute atomic E-state index is 0.0929. The minimum atomic E-state index is -4.52. The highest BCUT2D eigenvalue weighted by molar-refractivity contribution is 5.79. The summed E-state index contributed by atoms with van der Waals surface area (Å²) in [5, 5.41) is 3.03. The lowest BCUT2D eigenvalue weighted by molar-refractivity contribution is -0.190. The number of ether oxygens (including phenoxy) is 3. The van der Waals surface area contributed by atoms with E-state index in [9.17, 15) is 17.6 Å². The number of nitrogens with zero attached hydrogens (tertiary/aromatic N) is 6. The molecule has 0 bridgehead atoms. The van der Waals surface area contributed by atoms with Gasteiger partial charge in [-0.05, 0) is 45.6 Å². The highest BCUT2D eigenvalue weighted by Gasteiger charge is 2.40. The number of anilines is 3. The van der Waals surface area contributed by atoms with Crippen LogP contribution in [0.3, 0.4) is 0 Å². The monoisotopic (exact) mass is 567 g/mol. The quantitative estimate of drug-likeness (QED) is 0.366. The van der Waals surface area contributed by atoms with Gasteiger partial charge in [0.05, 0.1) is 24.4 Å². The van der Waals surface area contributed by atoms with Gasteiger partial charge >= 0.3 is 6.18 Å². The number of imidazole rings is 1. The van der Waals surface area contributed by atoms with E-state index in [1.54, 1.807) is 17.9 Å². The number of hydrogen-bond acceptors (Lipinski definition) is 9. The van der Waals surface area contributed by atoms with Gasteiger partial charge in [0.2, 0.25) is 5.95 Å². The second-order valence-corrected chi connectivity index (χ2v) is 10.1. The van der Waals surface area contributed by atoms with Crippen LogP contribution in [0, 0.1) is 0 Å². The number of pyridine rings is 1. The van der Waals surface area contributed by atoms with Gasteiger partial charge in [-0.3, -0.25) is 0 Å². The molecule has 3 aromatic rings. The molecule has 2 aliphatic rings. The molecule has 2 saturated heterocycles. The molecule has 0 radical (unpaired) electrons. The molecule has 218 valence electrons. The van der Waals surface area contributed by atoms with Gasteiger partial charge in [-0.2, -0.15) is 18.2 Å². The fourth-order valence-electron chi connectivity index (χ4n) is 5.06. The van der Waals surface area contributed by atoms with Crippen molar-refractivity contribution in [2.45, 2.75) is 76.4 Å². The van der Waals surface area contributed by atoms with Crippen LogP contribution in [-0.4, -0.2) is 76.1 Å². The van der Waals surface area contributed by atoms with E-state index in [0.29, 0.717) is 43.3 Å². The zero-order valence-electron chi connectivity index (χ0n) is 22.6. The topological polar surface area (TPSA) is 99.5 Å². The molecule has 40 heavy (non-hydrogen) atoms. The Morgan fingerprint density at radius 3 is 2.65 bits per heavy atom. The van der Waals surface area contributed by atoms with Gasteiger partial charge in [0.15, 0.2) is 6.29 Å². The Bertz CT molecular complexity index is 1300. The summed E-state index contributed by atoms with van der Waals surface area (Å²) in [6.45, 7) is 3.93. The number of rotatable bonds is 8.